The summed E-state index contributed by atoms with van der Waals surface area (Å²) in [6.45, 7) is 6.94. The van der Waals surface area contributed by atoms with E-state index in [2.05, 4.69) is 20.8 Å². The Morgan fingerprint density at radius 1 is 0.643 bits per heavy atom. The maximum Gasteiger partial charge on any atom is 0 e. The second kappa shape index (κ2) is 13.9. The zero-order chi connectivity index (χ0) is 9.94. The average Bonchev–Trinajstić information content (AvgIpc) is 2.17. The molecule has 0 bridgehead atoms. The van der Waals surface area contributed by atoms with E-state index in [-0.39, 0.29) is 17.1 Å². The Labute approximate surface area is 103 Å². The fraction of sp³-hybridized carbons (Fsp3) is 1.00. The predicted molar refractivity (Wildman–Crippen MR) is 66.2 cm³/mol. The van der Waals surface area contributed by atoms with Crippen molar-refractivity contribution in [2.45, 2.75) is 59.3 Å². The summed E-state index contributed by atoms with van der Waals surface area (Å²) in [5.41, 5.74) is 0. The molecule has 0 rings (SSSR count). The minimum Gasteiger partial charge on any atom is -0.107 e. The van der Waals surface area contributed by atoms with Crippen molar-refractivity contribution in [3.8, 4) is 0 Å². The van der Waals surface area contributed by atoms with Gasteiger partial charge in [0.15, 0.2) is 0 Å². The van der Waals surface area contributed by atoms with Crippen LogP contribution in [-0.2, 0) is 17.1 Å². The van der Waals surface area contributed by atoms with Crippen molar-refractivity contribution in [3.63, 3.8) is 0 Å². The molecule has 2 heteroatoms. The molecular weight excluding hydrogens is 239 g/mol. The van der Waals surface area contributed by atoms with Gasteiger partial charge in [0.1, 0.15) is 0 Å². The van der Waals surface area contributed by atoms with Gasteiger partial charge in [-0.1, -0.05) is 40.0 Å². The molecular formula is C12H27CuP. The van der Waals surface area contributed by atoms with Crippen LogP contribution in [0.3, 0.4) is 0 Å². The van der Waals surface area contributed by atoms with Crippen LogP contribution in [0.5, 0.6) is 0 Å². The van der Waals surface area contributed by atoms with Crippen molar-refractivity contribution >= 4 is 7.92 Å². The van der Waals surface area contributed by atoms with Gasteiger partial charge in [-0.2, -0.15) is 0 Å². The first-order valence-electron chi connectivity index (χ1n) is 6.07. The maximum absolute atomic E-state index is 2.31. The summed E-state index contributed by atoms with van der Waals surface area (Å²) >= 11 is 0. The third kappa shape index (κ3) is 11.0. The first kappa shape index (κ1) is 17.3. The van der Waals surface area contributed by atoms with Crippen molar-refractivity contribution in [2.75, 3.05) is 18.5 Å². The topological polar surface area (TPSA) is 0 Å². The van der Waals surface area contributed by atoms with E-state index in [1.807, 2.05) is 0 Å². The molecule has 0 fully saturated rings. The molecule has 0 unspecified atom stereocenters. The van der Waals surface area contributed by atoms with E-state index in [1.165, 1.54) is 38.5 Å². The van der Waals surface area contributed by atoms with E-state index < -0.39 is 0 Å². The van der Waals surface area contributed by atoms with E-state index in [0.717, 1.165) is 0 Å². The first-order valence-corrected chi connectivity index (χ1v) is 7.97. The summed E-state index contributed by atoms with van der Waals surface area (Å²) < 4.78 is 0. The molecule has 0 saturated heterocycles. The van der Waals surface area contributed by atoms with Crippen LogP contribution in [0.2, 0.25) is 0 Å². The smallest absolute Gasteiger partial charge is 0 e. The minimum atomic E-state index is 0. The molecule has 0 N–H and O–H groups in total. The van der Waals surface area contributed by atoms with Gasteiger partial charge in [-0.3, -0.25) is 0 Å². The van der Waals surface area contributed by atoms with Crippen LogP contribution in [0, 0.1) is 0 Å². The molecule has 0 heterocycles. The molecule has 0 saturated carbocycles. The number of hydrogen-bond donors (Lipinski definition) is 0. The zero-order valence-corrected chi connectivity index (χ0v) is 11.9. The standard InChI is InChI=1S/C12H27P.Cu/c1-4-7-10-13(11-8-5-2)12-9-6-3;/h4-12H2,1-3H3;. The summed E-state index contributed by atoms with van der Waals surface area (Å²) in [7, 11) is 0.422. The van der Waals surface area contributed by atoms with E-state index >= 15 is 0 Å². The molecule has 0 atom stereocenters. The molecule has 0 aliphatic heterocycles. The van der Waals surface area contributed by atoms with Gasteiger partial charge in [-0.25, -0.2) is 0 Å². The molecule has 1 radical (unpaired) electrons. The predicted octanol–water partition coefficient (Wildman–Crippen LogP) is 4.87. The van der Waals surface area contributed by atoms with E-state index in [1.54, 1.807) is 18.5 Å². The van der Waals surface area contributed by atoms with Crippen LogP contribution >= 0.6 is 7.92 Å². The molecule has 91 valence electrons. The van der Waals surface area contributed by atoms with Gasteiger partial charge >= 0.3 is 0 Å². The van der Waals surface area contributed by atoms with Crippen LogP contribution in [0.25, 0.3) is 0 Å². The van der Waals surface area contributed by atoms with Crippen molar-refractivity contribution in [3.05, 3.63) is 0 Å². The summed E-state index contributed by atoms with van der Waals surface area (Å²) in [6, 6.07) is 0. The Hall–Kier alpha value is 0.949. The third-order valence-corrected chi connectivity index (χ3v) is 5.33. The Morgan fingerprint density at radius 2 is 0.929 bits per heavy atom. The Morgan fingerprint density at radius 3 is 1.14 bits per heavy atom. The molecule has 0 aromatic carbocycles. The fourth-order valence-electron chi connectivity index (χ4n) is 1.48. The second-order valence-electron chi connectivity index (χ2n) is 3.90. The van der Waals surface area contributed by atoms with E-state index in [4.69, 9.17) is 0 Å². The van der Waals surface area contributed by atoms with Crippen molar-refractivity contribution in [2.24, 2.45) is 0 Å². The molecule has 14 heavy (non-hydrogen) atoms. The van der Waals surface area contributed by atoms with Gasteiger partial charge in [0.05, 0.1) is 0 Å². The number of unbranched alkanes of at least 4 members (excludes halogenated alkanes) is 3. The van der Waals surface area contributed by atoms with E-state index in [9.17, 15) is 0 Å². The first-order chi connectivity index (χ1) is 6.35. The zero-order valence-electron chi connectivity index (χ0n) is 10.1. The SMILES string of the molecule is CCCCP(CCCC)CCCC.[Cu]. The van der Waals surface area contributed by atoms with Crippen molar-refractivity contribution in [1.29, 1.82) is 0 Å². The Kier molecular flexibility index (Phi) is 17.3. The van der Waals surface area contributed by atoms with E-state index in [0.29, 0.717) is 7.92 Å². The fourth-order valence-corrected chi connectivity index (χ4v) is 4.44. The number of hydrogen-bond acceptors (Lipinski definition) is 0. The molecule has 0 nitrogen and oxygen atoms in total. The van der Waals surface area contributed by atoms with Crippen LogP contribution in [0.4, 0.5) is 0 Å². The van der Waals surface area contributed by atoms with Crippen LogP contribution in [-0.4, -0.2) is 18.5 Å². The van der Waals surface area contributed by atoms with Gasteiger partial charge < -0.3 is 0 Å². The van der Waals surface area contributed by atoms with Gasteiger partial charge in [0, 0.05) is 17.1 Å². The van der Waals surface area contributed by atoms with Gasteiger partial charge in [0.25, 0.3) is 0 Å². The molecule has 0 aromatic rings. The van der Waals surface area contributed by atoms with Crippen molar-refractivity contribution in [1.82, 2.24) is 0 Å². The van der Waals surface area contributed by atoms with Gasteiger partial charge in [0.2, 0.25) is 0 Å². The van der Waals surface area contributed by atoms with Crippen LogP contribution in [0.15, 0.2) is 0 Å². The molecule has 0 amide bonds. The van der Waals surface area contributed by atoms with Gasteiger partial charge in [-0.15, -0.1) is 7.92 Å². The largest absolute Gasteiger partial charge is 0.107 e. The maximum atomic E-state index is 2.31. The van der Waals surface area contributed by atoms with Crippen molar-refractivity contribution < 1.29 is 17.1 Å². The summed E-state index contributed by atoms with van der Waals surface area (Å²) in [6.07, 6.45) is 13.2. The normalized spacial score (nSPS) is 10.3. The Balaban J connectivity index is 0. The van der Waals surface area contributed by atoms with Crippen LogP contribution in [0.1, 0.15) is 59.3 Å². The second-order valence-corrected chi connectivity index (χ2v) is 6.59. The quantitative estimate of drug-likeness (QED) is 0.412. The Bertz CT molecular complexity index is 77.3. The van der Waals surface area contributed by atoms with Crippen LogP contribution < -0.4 is 0 Å². The monoisotopic (exact) mass is 265 g/mol. The van der Waals surface area contributed by atoms with Gasteiger partial charge in [-0.05, 0) is 37.7 Å². The molecule has 0 spiro atoms. The number of rotatable bonds is 9. The summed E-state index contributed by atoms with van der Waals surface area (Å²) in [5.74, 6) is 0. The summed E-state index contributed by atoms with van der Waals surface area (Å²) in [4.78, 5) is 0. The third-order valence-electron chi connectivity index (χ3n) is 2.48. The molecule has 0 aliphatic rings. The summed E-state index contributed by atoms with van der Waals surface area (Å²) in [5, 5.41) is 0. The average molecular weight is 266 g/mol. The minimum absolute atomic E-state index is 0. The molecule has 0 aromatic heterocycles. The molecule has 0 aliphatic carbocycles.